The monoisotopic (exact) mass is 271 g/mol. The van der Waals surface area contributed by atoms with E-state index in [-0.39, 0.29) is 11.9 Å². The van der Waals surface area contributed by atoms with Crippen molar-refractivity contribution in [2.75, 3.05) is 46.4 Å². The summed E-state index contributed by atoms with van der Waals surface area (Å²) in [5, 5.41) is 0. The second-order valence-electron chi connectivity index (χ2n) is 4.65. The van der Waals surface area contributed by atoms with E-state index in [9.17, 15) is 9.59 Å². The van der Waals surface area contributed by atoms with Crippen LogP contribution in [0.5, 0.6) is 0 Å². The van der Waals surface area contributed by atoms with E-state index in [0.29, 0.717) is 26.2 Å². The Hall–Kier alpha value is -1.30. The van der Waals surface area contributed by atoms with Crippen LogP contribution in [-0.2, 0) is 9.53 Å². The molecule has 1 atom stereocenters. The summed E-state index contributed by atoms with van der Waals surface area (Å²) in [6.07, 6.45) is -0.412. The van der Waals surface area contributed by atoms with Crippen molar-refractivity contribution in [3.63, 3.8) is 0 Å². The molecule has 0 N–H and O–H groups in total. The summed E-state index contributed by atoms with van der Waals surface area (Å²) < 4.78 is 5.03. The number of carbonyl (C=O) groups excluding carboxylic acids is 2. The van der Waals surface area contributed by atoms with Crippen molar-refractivity contribution in [1.29, 1.82) is 0 Å². The van der Waals surface area contributed by atoms with Crippen molar-refractivity contribution in [2.24, 2.45) is 0 Å². The third-order valence-corrected chi connectivity index (χ3v) is 3.60. The molecule has 0 aromatic heterocycles. The third kappa shape index (κ3) is 3.83. The highest BCUT2D eigenvalue weighted by atomic mass is 16.5. The van der Waals surface area contributed by atoms with E-state index in [4.69, 9.17) is 4.74 Å². The molecule has 1 fully saturated rings. The predicted molar refractivity (Wildman–Crippen MR) is 72.9 cm³/mol. The number of carbonyl (C=O) groups is 2. The van der Waals surface area contributed by atoms with E-state index in [1.807, 2.05) is 18.7 Å². The van der Waals surface area contributed by atoms with Crippen LogP contribution in [0.25, 0.3) is 0 Å². The topological polar surface area (TPSA) is 53.1 Å². The first-order chi connectivity index (χ1) is 9.04. The predicted octanol–water partition coefficient (Wildman–Crippen LogP) is 0.627. The summed E-state index contributed by atoms with van der Waals surface area (Å²) >= 11 is 0. The van der Waals surface area contributed by atoms with Gasteiger partial charge < -0.3 is 19.4 Å². The molecule has 19 heavy (non-hydrogen) atoms. The second kappa shape index (κ2) is 7.33. The molecule has 0 bridgehead atoms. The van der Waals surface area contributed by atoms with Crippen LogP contribution in [0.15, 0.2) is 0 Å². The van der Waals surface area contributed by atoms with Gasteiger partial charge in [-0.15, -0.1) is 0 Å². The molecule has 1 unspecified atom stereocenters. The lowest BCUT2D eigenvalue weighted by Gasteiger charge is -2.37. The number of urea groups is 1. The first kappa shape index (κ1) is 15.8. The zero-order valence-electron chi connectivity index (χ0n) is 12.4. The molecular weight excluding hydrogens is 246 g/mol. The van der Waals surface area contributed by atoms with Crippen molar-refractivity contribution in [3.05, 3.63) is 0 Å². The number of methoxy groups -OCH3 is 1. The van der Waals surface area contributed by atoms with Crippen molar-refractivity contribution >= 4 is 11.9 Å². The minimum absolute atomic E-state index is 0.00237. The number of piperazine rings is 1. The zero-order valence-corrected chi connectivity index (χ0v) is 12.4. The van der Waals surface area contributed by atoms with Gasteiger partial charge in [-0.2, -0.15) is 0 Å². The quantitative estimate of drug-likeness (QED) is 0.753. The average molecular weight is 271 g/mol. The third-order valence-electron chi connectivity index (χ3n) is 3.60. The summed E-state index contributed by atoms with van der Waals surface area (Å²) in [6.45, 7) is 9.48. The second-order valence-corrected chi connectivity index (χ2v) is 4.65. The lowest BCUT2D eigenvalue weighted by molar-refractivity contribution is -0.142. The normalized spacial score (nSPS) is 17.3. The van der Waals surface area contributed by atoms with Crippen LogP contribution in [0.1, 0.15) is 20.8 Å². The molecule has 1 aliphatic rings. The lowest BCUT2D eigenvalue weighted by Crippen LogP contribution is -2.55. The summed E-state index contributed by atoms with van der Waals surface area (Å²) in [5.41, 5.74) is 0. The van der Waals surface area contributed by atoms with E-state index in [0.717, 1.165) is 13.1 Å². The van der Waals surface area contributed by atoms with Gasteiger partial charge in [0.2, 0.25) is 0 Å². The van der Waals surface area contributed by atoms with E-state index >= 15 is 0 Å². The van der Waals surface area contributed by atoms with Gasteiger partial charge in [-0.05, 0) is 20.8 Å². The number of nitrogens with zero attached hydrogens (tertiary/aromatic N) is 3. The minimum atomic E-state index is -0.412. The standard InChI is InChI=1S/C13H25N3O3/c1-5-14(6-2)13(18)16-9-7-15(8-10-16)12(17)11(3)19-4/h11H,5-10H2,1-4H3. The molecule has 6 heteroatoms. The molecule has 0 spiro atoms. The number of rotatable bonds is 4. The van der Waals surface area contributed by atoms with E-state index in [1.165, 1.54) is 7.11 Å². The smallest absolute Gasteiger partial charge is 0.320 e. The highest BCUT2D eigenvalue weighted by Crippen LogP contribution is 2.08. The molecule has 6 nitrogen and oxygen atoms in total. The Balaban J connectivity index is 2.49. The SMILES string of the molecule is CCN(CC)C(=O)N1CCN(C(=O)C(C)OC)CC1. The molecule has 1 aliphatic heterocycles. The molecule has 0 radical (unpaired) electrons. The van der Waals surface area contributed by atoms with Gasteiger partial charge in [0.25, 0.3) is 5.91 Å². The maximum Gasteiger partial charge on any atom is 0.320 e. The molecule has 1 rings (SSSR count). The van der Waals surface area contributed by atoms with Gasteiger partial charge in [-0.1, -0.05) is 0 Å². The van der Waals surface area contributed by atoms with Crippen molar-refractivity contribution in [1.82, 2.24) is 14.7 Å². The Kier molecular flexibility index (Phi) is 6.08. The Morgan fingerprint density at radius 1 is 1.11 bits per heavy atom. The number of hydrogen-bond acceptors (Lipinski definition) is 3. The Bertz CT molecular complexity index is 310. The van der Waals surface area contributed by atoms with Crippen molar-refractivity contribution in [3.8, 4) is 0 Å². The van der Waals surface area contributed by atoms with Crippen LogP contribution in [0.3, 0.4) is 0 Å². The minimum Gasteiger partial charge on any atom is -0.372 e. The fraction of sp³-hybridized carbons (Fsp3) is 0.846. The largest absolute Gasteiger partial charge is 0.372 e. The molecule has 1 saturated heterocycles. The van der Waals surface area contributed by atoms with E-state index in [2.05, 4.69) is 0 Å². The summed E-state index contributed by atoms with van der Waals surface area (Å²) in [6, 6.07) is 0.0666. The van der Waals surface area contributed by atoms with Crippen LogP contribution in [0.2, 0.25) is 0 Å². The zero-order chi connectivity index (χ0) is 14.4. The van der Waals surface area contributed by atoms with Gasteiger partial charge in [-0.3, -0.25) is 4.79 Å². The lowest BCUT2D eigenvalue weighted by atomic mass is 10.2. The molecule has 0 aromatic rings. The van der Waals surface area contributed by atoms with Gasteiger partial charge in [0.15, 0.2) is 0 Å². The molecular formula is C13H25N3O3. The number of hydrogen-bond donors (Lipinski definition) is 0. The molecule has 0 aliphatic carbocycles. The van der Waals surface area contributed by atoms with Crippen LogP contribution in [-0.4, -0.2) is 79.1 Å². The maximum absolute atomic E-state index is 12.2. The Morgan fingerprint density at radius 3 is 2.00 bits per heavy atom. The van der Waals surface area contributed by atoms with Gasteiger partial charge in [0.05, 0.1) is 0 Å². The number of ether oxygens (including phenoxy) is 1. The Morgan fingerprint density at radius 2 is 1.58 bits per heavy atom. The molecule has 0 aromatic carbocycles. The van der Waals surface area contributed by atoms with Gasteiger partial charge >= 0.3 is 6.03 Å². The Labute approximate surface area is 115 Å². The van der Waals surface area contributed by atoms with Crippen molar-refractivity contribution in [2.45, 2.75) is 26.9 Å². The molecule has 1 heterocycles. The fourth-order valence-electron chi connectivity index (χ4n) is 2.17. The molecule has 3 amide bonds. The van der Waals surface area contributed by atoms with Crippen LogP contribution >= 0.6 is 0 Å². The first-order valence-electron chi connectivity index (χ1n) is 6.90. The summed E-state index contributed by atoms with van der Waals surface area (Å²) in [5.74, 6) is -0.00237. The fourth-order valence-corrected chi connectivity index (χ4v) is 2.17. The van der Waals surface area contributed by atoms with Gasteiger partial charge in [0.1, 0.15) is 6.10 Å². The van der Waals surface area contributed by atoms with Crippen LogP contribution < -0.4 is 0 Å². The van der Waals surface area contributed by atoms with Crippen molar-refractivity contribution < 1.29 is 14.3 Å². The van der Waals surface area contributed by atoms with Crippen LogP contribution in [0, 0.1) is 0 Å². The van der Waals surface area contributed by atoms with Crippen LogP contribution in [0.4, 0.5) is 4.79 Å². The van der Waals surface area contributed by atoms with E-state index < -0.39 is 6.10 Å². The molecule has 0 saturated carbocycles. The average Bonchev–Trinajstić information content (AvgIpc) is 2.47. The molecule has 110 valence electrons. The van der Waals surface area contributed by atoms with E-state index in [1.54, 1.807) is 16.7 Å². The van der Waals surface area contributed by atoms with Gasteiger partial charge in [0, 0.05) is 46.4 Å². The summed E-state index contributed by atoms with van der Waals surface area (Å²) in [7, 11) is 1.53. The summed E-state index contributed by atoms with van der Waals surface area (Å²) in [4.78, 5) is 29.5. The number of amides is 3. The highest BCUT2D eigenvalue weighted by Gasteiger charge is 2.28. The first-order valence-corrected chi connectivity index (χ1v) is 6.90. The maximum atomic E-state index is 12.2. The van der Waals surface area contributed by atoms with Gasteiger partial charge in [-0.25, -0.2) is 4.79 Å². The highest BCUT2D eigenvalue weighted by molar-refractivity contribution is 5.81.